The molecule has 0 radical (unpaired) electrons. The molecule has 0 heterocycles. The van der Waals surface area contributed by atoms with Gasteiger partial charge in [0.2, 0.25) is 0 Å². The molecule has 0 aromatic heterocycles. The molecule has 4 aliphatic rings. The zero-order valence-corrected chi connectivity index (χ0v) is 17.3. The van der Waals surface area contributed by atoms with Crippen LogP contribution in [0.2, 0.25) is 0 Å². The summed E-state index contributed by atoms with van der Waals surface area (Å²) in [5.74, 6) is 1.85. The van der Waals surface area contributed by atoms with Crippen molar-refractivity contribution < 1.29 is 30.0 Å². The number of aliphatic hydroxyl groups is 4. The number of hydrogen-bond donors (Lipinski definition) is 4. The third-order valence-corrected chi connectivity index (χ3v) is 8.93. The highest BCUT2D eigenvalue weighted by molar-refractivity contribution is 5.66. The summed E-state index contributed by atoms with van der Waals surface area (Å²) in [6.07, 6.45) is 7.07. The molecule has 0 aromatic carbocycles. The minimum atomic E-state index is -1.60. The molecule has 0 amide bonds. The molecule has 0 unspecified atom stereocenters. The average Bonchev–Trinajstić information content (AvgIpc) is 2.86. The number of rotatable bonds is 1. The van der Waals surface area contributed by atoms with Crippen LogP contribution in [-0.2, 0) is 9.53 Å². The first-order chi connectivity index (χ1) is 13.5. The molecular weight excluding hydrogens is 372 g/mol. The lowest BCUT2D eigenvalue weighted by atomic mass is 9.46. The SMILES string of the molecule is C#C[C@]1(O)[C@H](O)C[C@H]2[C@@H]3[C@H](O)C=C4[C@@H](O)[C@@H](OC(C)=O)CC[C@]4(C)[C@H]3CC[C@@]21C. The van der Waals surface area contributed by atoms with Crippen LogP contribution in [0.25, 0.3) is 0 Å². The first-order valence-electron chi connectivity index (χ1n) is 10.6. The summed E-state index contributed by atoms with van der Waals surface area (Å²) >= 11 is 0. The maximum absolute atomic E-state index is 11.4. The Morgan fingerprint density at radius 2 is 1.90 bits per heavy atom. The average molecular weight is 405 g/mol. The third kappa shape index (κ3) is 2.61. The van der Waals surface area contributed by atoms with Gasteiger partial charge in [-0.2, -0.15) is 0 Å². The normalized spacial score (nSPS) is 53.7. The van der Waals surface area contributed by atoms with E-state index in [1.807, 2.05) is 6.92 Å². The summed E-state index contributed by atoms with van der Waals surface area (Å²) in [5.41, 5.74) is -1.85. The number of ether oxygens (including phenoxy) is 1. The van der Waals surface area contributed by atoms with Gasteiger partial charge in [0, 0.05) is 12.3 Å². The summed E-state index contributed by atoms with van der Waals surface area (Å²) in [6, 6.07) is 0. The second kappa shape index (κ2) is 6.55. The van der Waals surface area contributed by atoms with E-state index in [4.69, 9.17) is 11.2 Å². The first-order valence-corrected chi connectivity index (χ1v) is 10.6. The third-order valence-electron chi connectivity index (χ3n) is 8.93. The van der Waals surface area contributed by atoms with Gasteiger partial charge in [-0.3, -0.25) is 4.79 Å². The lowest BCUT2D eigenvalue weighted by molar-refractivity contribution is -0.161. The Morgan fingerprint density at radius 3 is 2.52 bits per heavy atom. The lowest BCUT2D eigenvalue weighted by Crippen LogP contribution is -2.60. The zero-order valence-electron chi connectivity index (χ0n) is 17.3. The van der Waals surface area contributed by atoms with Crippen molar-refractivity contribution in [2.24, 2.45) is 28.6 Å². The molecule has 3 fully saturated rings. The molecular formula is C23H32O6. The Labute approximate surface area is 172 Å². The van der Waals surface area contributed by atoms with Crippen LogP contribution in [0.3, 0.4) is 0 Å². The van der Waals surface area contributed by atoms with Crippen LogP contribution in [0, 0.1) is 40.9 Å². The van der Waals surface area contributed by atoms with Gasteiger partial charge in [0.1, 0.15) is 12.2 Å². The van der Waals surface area contributed by atoms with Gasteiger partial charge in [-0.1, -0.05) is 25.8 Å². The number of fused-ring (bicyclic) bond motifs is 5. The van der Waals surface area contributed by atoms with Gasteiger partial charge in [-0.25, -0.2) is 0 Å². The minimum absolute atomic E-state index is 0.0934. The molecule has 0 aliphatic heterocycles. The van der Waals surface area contributed by atoms with Crippen molar-refractivity contribution in [1.82, 2.24) is 0 Å². The number of hydrogen-bond acceptors (Lipinski definition) is 6. The Balaban J connectivity index is 1.72. The van der Waals surface area contributed by atoms with Crippen LogP contribution in [0.1, 0.15) is 52.9 Å². The first kappa shape index (κ1) is 20.9. The highest BCUT2D eigenvalue weighted by Crippen LogP contribution is 2.67. The van der Waals surface area contributed by atoms with E-state index in [9.17, 15) is 25.2 Å². The molecule has 10 atom stereocenters. The predicted octanol–water partition coefficient (Wildman–Crippen LogP) is 1.16. The molecule has 3 saturated carbocycles. The lowest BCUT2D eigenvalue weighted by Gasteiger charge is -2.60. The quantitative estimate of drug-likeness (QED) is 0.297. The van der Waals surface area contributed by atoms with Crippen molar-refractivity contribution in [3.8, 4) is 12.3 Å². The summed E-state index contributed by atoms with van der Waals surface area (Å²) in [6.45, 7) is 5.39. The Bertz CT molecular complexity index is 785. The fourth-order valence-corrected chi connectivity index (χ4v) is 7.30. The topological polar surface area (TPSA) is 107 Å². The van der Waals surface area contributed by atoms with E-state index < -0.39 is 41.4 Å². The maximum atomic E-state index is 11.4. The van der Waals surface area contributed by atoms with E-state index in [2.05, 4.69) is 12.8 Å². The van der Waals surface area contributed by atoms with Crippen molar-refractivity contribution in [3.05, 3.63) is 11.6 Å². The number of carbonyl (C=O) groups is 1. The molecule has 0 aromatic rings. The Hall–Kier alpha value is -1.39. The molecule has 0 bridgehead atoms. The Morgan fingerprint density at radius 1 is 1.21 bits per heavy atom. The molecule has 6 heteroatoms. The highest BCUT2D eigenvalue weighted by Gasteiger charge is 2.68. The summed E-state index contributed by atoms with van der Waals surface area (Å²) in [4.78, 5) is 11.4. The van der Waals surface area contributed by atoms with Crippen molar-refractivity contribution in [2.75, 3.05) is 0 Å². The van der Waals surface area contributed by atoms with Crippen LogP contribution in [0.15, 0.2) is 11.6 Å². The van der Waals surface area contributed by atoms with Crippen LogP contribution >= 0.6 is 0 Å². The molecule has 0 spiro atoms. The number of carbonyl (C=O) groups excluding carboxylic acids is 1. The number of terminal acetylenes is 1. The smallest absolute Gasteiger partial charge is 0.303 e. The van der Waals surface area contributed by atoms with Gasteiger partial charge in [-0.15, -0.1) is 6.42 Å². The summed E-state index contributed by atoms with van der Waals surface area (Å²) < 4.78 is 5.31. The molecule has 160 valence electrons. The van der Waals surface area contributed by atoms with Crippen molar-refractivity contribution in [3.63, 3.8) is 0 Å². The van der Waals surface area contributed by atoms with Crippen LogP contribution in [0.4, 0.5) is 0 Å². The standard InChI is InChI=1S/C23H32O6/c1-5-23(28)18(26)11-14-19-13(6-9-22(14,23)4)21(3)8-7-17(29-12(2)24)20(27)15(21)10-16(19)25/h1,10,13-14,16-20,25-28H,6-9,11H2,2-4H3/t13-,14-,16+,17-,18+,19+,20+,21+,22-,23-/m0/s1. The molecule has 4 aliphatic carbocycles. The fraction of sp³-hybridized carbons (Fsp3) is 0.783. The van der Waals surface area contributed by atoms with Gasteiger partial charge in [0.05, 0.1) is 12.2 Å². The summed E-state index contributed by atoms with van der Waals surface area (Å²) in [5, 5.41) is 43.7. The van der Waals surface area contributed by atoms with Gasteiger partial charge in [0.15, 0.2) is 5.60 Å². The molecule has 0 saturated heterocycles. The molecule has 6 nitrogen and oxygen atoms in total. The minimum Gasteiger partial charge on any atom is -0.459 e. The number of aliphatic hydroxyl groups excluding tert-OH is 3. The van der Waals surface area contributed by atoms with Crippen molar-refractivity contribution >= 4 is 5.97 Å². The molecule has 4 rings (SSSR count). The molecule has 4 N–H and O–H groups in total. The van der Waals surface area contributed by atoms with Crippen molar-refractivity contribution in [2.45, 2.75) is 82.9 Å². The maximum Gasteiger partial charge on any atom is 0.303 e. The van der Waals surface area contributed by atoms with Crippen LogP contribution in [0.5, 0.6) is 0 Å². The predicted molar refractivity (Wildman–Crippen MR) is 105 cm³/mol. The van der Waals surface area contributed by atoms with E-state index >= 15 is 0 Å². The molecule has 29 heavy (non-hydrogen) atoms. The van der Waals surface area contributed by atoms with Crippen LogP contribution in [-0.4, -0.2) is 56.4 Å². The van der Waals surface area contributed by atoms with E-state index in [1.54, 1.807) is 6.08 Å². The largest absolute Gasteiger partial charge is 0.459 e. The zero-order chi connectivity index (χ0) is 21.4. The van der Waals surface area contributed by atoms with Gasteiger partial charge >= 0.3 is 5.97 Å². The fourth-order valence-electron chi connectivity index (χ4n) is 7.30. The van der Waals surface area contributed by atoms with Gasteiger partial charge in [-0.05, 0) is 60.8 Å². The van der Waals surface area contributed by atoms with Crippen LogP contribution < -0.4 is 0 Å². The van der Waals surface area contributed by atoms with E-state index in [0.717, 1.165) is 18.4 Å². The van der Waals surface area contributed by atoms with E-state index in [-0.39, 0.29) is 23.2 Å². The highest BCUT2D eigenvalue weighted by atomic mass is 16.6. The Kier molecular flexibility index (Phi) is 4.71. The van der Waals surface area contributed by atoms with E-state index in [1.165, 1.54) is 6.92 Å². The second-order valence-electron chi connectivity index (χ2n) is 10.1. The van der Waals surface area contributed by atoms with Gasteiger partial charge < -0.3 is 25.2 Å². The monoisotopic (exact) mass is 404 g/mol. The van der Waals surface area contributed by atoms with Gasteiger partial charge in [0.25, 0.3) is 0 Å². The second-order valence-corrected chi connectivity index (χ2v) is 10.1. The number of esters is 1. The summed E-state index contributed by atoms with van der Waals surface area (Å²) in [7, 11) is 0. The van der Waals surface area contributed by atoms with E-state index in [0.29, 0.717) is 19.3 Å². The van der Waals surface area contributed by atoms with Crippen molar-refractivity contribution in [1.29, 1.82) is 0 Å².